The number of allylic oxidation sites excluding steroid dienone is 5. The predicted molar refractivity (Wildman–Crippen MR) is 139 cm³/mol. The van der Waals surface area contributed by atoms with E-state index in [4.69, 9.17) is 14.8 Å². The van der Waals surface area contributed by atoms with Crippen molar-refractivity contribution in [2.45, 2.75) is 46.0 Å². The molecule has 1 atom stereocenters. The van der Waals surface area contributed by atoms with Gasteiger partial charge in [-0.15, -0.1) is 0 Å². The number of likely N-dealkylation sites (tertiary alicyclic amines) is 1. The average molecular weight is 466 g/mol. The molecule has 2 heterocycles. The number of halogens is 1. The summed E-state index contributed by atoms with van der Waals surface area (Å²) in [5.74, 6) is 2.15. The normalized spacial score (nSPS) is 16.9. The summed E-state index contributed by atoms with van der Waals surface area (Å²) in [7, 11) is 2.13. The number of hydrogen-bond donors (Lipinski definition) is 2. The molecule has 1 aromatic heterocycles. The van der Waals surface area contributed by atoms with E-state index < -0.39 is 0 Å². The first-order valence-corrected chi connectivity index (χ1v) is 11.8. The third-order valence-corrected chi connectivity index (χ3v) is 5.10. The van der Waals surface area contributed by atoms with E-state index in [1.54, 1.807) is 6.07 Å². The Hall–Kier alpha value is -3.32. The van der Waals surface area contributed by atoms with Gasteiger partial charge in [0.15, 0.2) is 0 Å². The molecule has 2 aromatic rings. The second-order valence-corrected chi connectivity index (χ2v) is 8.05. The maximum Gasteiger partial charge on any atom is 0.137 e. The summed E-state index contributed by atoms with van der Waals surface area (Å²) in [5.41, 5.74) is 1.60. The van der Waals surface area contributed by atoms with Crippen molar-refractivity contribution in [3.05, 3.63) is 78.1 Å². The molecule has 1 unspecified atom stereocenters. The van der Waals surface area contributed by atoms with Gasteiger partial charge in [0.05, 0.1) is 0 Å². The van der Waals surface area contributed by atoms with E-state index in [1.807, 2.05) is 43.4 Å². The molecule has 6 nitrogen and oxygen atoms in total. The molecular formula is C27H36FN5O. The van der Waals surface area contributed by atoms with Gasteiger partial charge in [0.1, 0.15) is 29.6 Å². The Morgan fingerprint density at radius 3 is 2.68 bits per heavy atom. The lowest BCUT2D eigenvalue weighted by molar-refractivity contribution is -0.106. The fourth-order valence-corrected chi connectivity index (χ4v) is 3.64. The molecule has 1 saturated heterocycles. The Kier molecular flexibility index (Phi) is 11.7. The number of aldehydes is 1. The van der Waals surface area contributed by atoms with Gasteiger partial charge in [-0.05, 0) is 77.1 Å². The molecule has 0 aliphatic carbocycles. The number of aromatic nitrogens is 2. The van der Waals surface area contributed by atoms with Gasteiger partial charge < -0.3 is 20.3 Å². The number of benzene rings is 1. The highest BCUT2D eigenvalue weighted by Gasteiger charge is 2.22. The van der Waals surface area contributed by atoms with Gasteiger partial charge in [-0.25, -0.2) is 14.4 Å². The van der Waals surface area contributed by atoms with Crippen LogP contribution in [0.1, 0.15) is 51.8 Å². The van der Waals surface area contributed by atoms with Crippen LogP contribution in [0.5, 0.6) is 0 Å². The van der Waals surface area contributed by atoms with Crippen LogP contribution < -0.4 is 10.6 Å². The van der Waals surface area contributed by atoms with Crippen molar-refractivity contribution in [2.24, 2.45) is 0 Å². The van der Waals surface area contributed by atoms with Crippen LogP contribution in [0.4, 0.5) is 21.7 Å². The number of carbonyl (C=O) groups excluding carboxylic acids is 1. The van der Waals surface area contributed by atoms with Gasteiger partial charge in [-0.1, -0.05) is 31.2 Å². The summed E-state index contributed by atoms with van der Waals surface area (Å²) < 4.78 is 13.7. The summed E-state index contributed by atoms with van der Waals surface area (Å²) in [4.78, 5) is 20.7. The summed E-state index contributed by atoms with van der Waals surface area (Å²) in [6.07, 6.45) is 14.1. The number of hydrogen-bond acceptors (Lipinski definition) is 6. The quantitative estimate of drug-likeness (QED) is 0.357. The third-order valence-electron chi connectivity index (χ3n) is 5.10. The standard InChI is InChI=1S/C25H32FN5.C2H4O/c1-4-6-7-13-21(10-5-2)27-23-17-24(28-22-14-8-12-20(26)16-22)30-25(29-23)19-11-9-15-31(3)18-19;1-2-3/h5-8,10,12-14,16-17,19H,4,9,11,15,18H2,1-3H3,(H2,27,28,29,30);2H,1H3/b7-6+,10-5-,21-13+;. The minimum absolute atomic E-state index is 0.266. The molecule has 2 N–H and O–H groups in total. The Morgan fingerprint density at radius 2 is 2.00 bits per heavy atom. The van der Waals surface area contributed by atoms with Crippen LogP contribution in [0, 0.1) is 5.82 Å². The SMILES string of the molecule is CC=O.C\C=C/C(=C\C=C\CC)Nc1cc(Nc2cccc(F)c2)nc(C2CCCN(C)C2)n1. The fraction of sp³-hybridized carbons (Fsp3) is 0.370. The molecule has 1 aliphatic rings. The van der Waals surface area contributed by atoms with Crippen molar-refractivity contribution in [2.75, 3.05) is 30.8 Å². The molecule has 182 valence electrons. The molecule has 0 saturated carbocycles. The lowest BCUT2D eigenvalue weighted by Crippen LogP contribution is -2.31. The fourth-order valence-electron chi connectivity index (χ4n) is 3.64. The number of piperidine rings is 1. The van der Waals surface area contributed by atoms with E-state index in [0.717, 1.165) is 50.2 Å². The second kappa shape index (κ2) is 14.8. The highest BCUT2D eigenvalue weighted by Crippen LogP contribution is 2.27. The van der Waals surface area contributed by atoms with E-state index in [1.165, 1.54) is 19.1 Å². The van der Waals surface area contributed by atoms with E-state index in [2.05, 4.69) is 35.6 Å². The topological polar surface area (TPSA) is 70.2 Å². The van der Waals surface area contributed by atoms with Gasteiger partial charge in [0.2, 0.25) is 0 Å². The van der Waals surface area contributed by atoms with Crippen LogP contribution in [0.3, 0.4) is 0 Å². The van der Waals surface area contributed by atoms with Crippen LogP contribution in [0.2, 0.25) is 0 Å². The number of likely N-dealkylation sites (N-methyl/N-ethyl adjacent to an activating group) is 1. The van der Waals surface area contributed by atoms with Crippen LogP contribution in [0.15, 0.2) is 66.4 Å². The first-order chi connectivity index (χ1) is 16.5. The minimum atomic E-state index is -0.285. The Morgan fingerprint density at radius 1 is 1.24 bits per heavy atom. The Balaban J connectivity index is 0.00000129. The predicted octanol–water partition coefficient (Wildman–Crippen LogP) is 6.21. The van der Waals surface area contributed by atoms with Crippen molar-refractivity contribution in [3.63, 3.8) is 0 Å². The zero-order valence-electron chi connectivity index (χ0n) is 20.6. The zero-order chi connectivity index (χ0) is 24.8. The summed E-state index contributed by atoms with van der Waals surface area (Å²) in [5, 5.41) is 6.65. The molecule has 3 rings (SSSR count). The zero-order valence-corrected chi connectivity index (χ0v) is 20.6. The van der Waals surface area contributed by atoms with E-state index in [0.29, 0.717) is 17.3 Å². The maximum atomic E-state index is 13.7. The van der Waals surface area contributed by atoms with Crippen LogP contribution in [0.25, 0.3) is 0 Å². The van der Waals surface area contributed by atoms with Crippen molar-refractivity contribution in [1.29, 1.82) is 0 Å². The highest BCUT2D eigenvalue weighted by atomic mass is 19.1. The molecule has 1 fully saturated rings. The molecular weight excluding hydrogens is 429 g/mol. The molecule has 1 aromatic carbocycles. The van der Waals surface area contributed by atoms with Gasteiger partial charge in [-0.2, -0.15) is 0 Å². The number of rotatable bonds is 8. The van der Waals surface area contributed by atoms with Gasteiger partial charge in [-0.3, -0.25) is 0 Å². The largest absolute Gasteiger partial charge is 0.340 e. The van der Waals surface area contributed by atoms with Gasteiger partial charge in [0.25, 0.3) is 0 Å². The summed E-state index contributed by atoms with van der Waals surface area (Å²) in [6.45, 7) is 7.56. The van der Waals surface area contributed by atoms with Crippen molar-refractivity contribution >= 4 is 23.6 Å². The maximum absolute atomic E-state index is 13.7. The number of anilines is 3. The number of carbonyl (C=O) groups is 1. The first-order valence-electron chi connectivity index (χ1n) is 11.8. The monoisotopic (exact) mass is 465 g/mol. The second-order valence-electron chi connectivity index (χ2n) is 8.05. The van der Waals surface area contributed by atoms with Crippen LogP contribution in [-0.2, 0) is 4.79 Å². The molecule has 0 bridgehead atoms. The van der Waals surface area contributed by atoms with Crippen LogP contribution >= 0.6 is 0 Å². The number of nitrogens with one attached hydrogen (secondary N) is 2. The van der Waals surface area contributed by atoms with Crippen molar-refractivity contribution in [3.8, 4) is 0 Å². The lowest BCUT2D eigenvalue weighted by atomic mass is 9.97. The van der Waals surface area contributed by atoms with E-state index in [9.17, 15) is 4.39 Å². The molecule has 0 amide bonds. The highest BCUT2D eigenvalue weighted by molar-refractivity contribution is 5.60. The molecule has 0 radical (unpaired) electrons. The van der Waals surface area contributed by atoms with Crippen molar-refractivity contribution in [1.82, 2.24) is 14.9 Å². The Bertz CT molecular complexity index is 1000. The van der Waals surface area contributed by atoms with Crippen molar-refractivity contribution < 1.29 is 9.18 Å². The third kappa shape index (κ3) is 9.27. The number of nitrogens with zero attached hydrogens (tertiary/aromatic N) is 3. The molecule has 1 aliphatic heterocycles. The Labute approximate surface area is 202 Å². The average Bonchev–Trinajstić information content (AvgIpc) is 2.80. The summed E-state index contributed by atoms with van der Waals surface area (Å²) >= 11 is 0. The van der Waals surface area contributed by atoms with Gasteiger partial charge >= 0.3 is 0 Å². The minimum Gasteiger partial charge on any atom is -0.340 e. The lowest BCUT2D eigenvalue weighted by Gasteiger charge is -2.29. The van der Waals surface area contributed by atoms with Gasteiger partial charge in [0, 0.05) is 29.9 Å². The smallest absolute Gasteiger partial charge is 0.137 e. The summed E-state index contributed by atoms with van der Waals surface area (Å²) in [6, 6.07) is 8.26. The molecule has 0 spiro atoms. The first kappa shape index (κ1) is 26.9. The molecule has 34 heavy (non-hydrogen) atoms. The van der Waals surface area contributed by atoms with E-state index in [-0.39, 0.29) is 11.7 Å². The molecule has 7 heteroatoms. The van der Waals surface area contributed by atoms with E-state index >= 15 is 0 Å². The van der Waals surface area contributed by atoms with Crippen LogP contribution in [-0.4, -0.2) is 41.3 Å².